The maximum Gasteiger partial charge on any atom is 0.411 e. The Morgan fingerprint density at radius 2 is 1.61 bits per heavy atom. The molecule has 4 nitrogen and oxygen atoms in total. The number of rotatable bonds is 10. The molecule has 110 valence electrons. The van der Waals surface area contributed by atoms with Crippen LogP contribution in [0.15, 0.2) is 0 Å². The summed E-state index contributed by atoms with van der Waals surface area (Å²) in [6, 6.07) is 0.206. The second-order valence-electron chi connectivity index (χ2n) is 4.13. The SMILES string of the molecule is CC(C)N(CCOCCO)CCOCC(F)(F)F. The van der Waals surface area contributed by atoms with Crippen molar-refractivity contribution in [2.75, 3.05) is 46.1 Å². The van der Waals surface area contributed by atoms with E-state index < -0.39 is 12.8 Å². The van der Waals surface area contributed by atoms with E-state index in [0.29, 0.717) is 19.7 Å². The smallest absolute Gasteiger partial charge is 0.394 e. The van der Waals surface area contributed by atoms with E-state index in [4.69, 9.17) is 9.84 Å². The van der Waals surface area contributed by atoms with Crippen molar-refractivity contribution < 1.29 is 27.8 Å². The molecule has 0 saturated carbocycles. The average molecular weight is 273 g/mol. The third-order valence-corrected chi connectivity index (χ3v) is 2.28. The van der Waals surface area contributed by atoms with Crippen molar-refractivity contribution in [3.05, 3.63) is 0 Å². The van der Waals surface area contributed by atoms with Gasteiger partial charge in [-0.3, -0.25) is 4.90 Å². The lowest BCUT2D eigenvalue weighted by molar-refractivity contribution is -0.174. The van der Waals surface area contributed by atoms with Crippen LogP contribution >= 0.6 is 0 Å². The molecule has 0 aromatic rings. The highest BCUT2D eigenvalue weighted by atomic mass is 19.4. The minimum absolute atomic E-state index is 0.0314. The van der Waals surface area contributed by atoms with Gasteiger partial charge in [-0.1, -0.05) is 0 Å². The Kier molecular flexibility index (Phi) is 9.35. The Hall–Kier alpha value is -0.370. The van der Waals surface area contributed by atoms with Gasteiger partial charge in [-0.15, -0.1) is 0 Å². The summed E-state index contributed by atoms with van der Waals surface area (Å²) < 4.78 is 45.2. The molecule has 0 aliphatic heterocycles. The van der Waals surface area contributed by atoms with Gasteiger partial charge >= 0.3 is 6.18 Å². The summed E-state index contributed by atoms with van der Waals surface area (Å²) in [5.74, 6) is 0. The fourth-order valence-electron chi connectivity index (χ4n) is 1.35. The number of hydrogen-bond donors (Lipinski definition) is 1. The molecular formula is C11H22F3NO3. The molecule has 0 saturated heterocycles. The lowest BCUT2D eigenvalue weighted by Gasteiger charge is -2.26. The summed E-state index contributed by atoms with van der Waals surface area (Å²) in [7, 11) is 0. The van der Waals surface area contributed by atoms with Crippen LogP contribution in [0.1, 0.15) is 13.8 Å². The summed E-state index contributed by atoms with van der Waals surface area (Å²) in [5, 5.41) is 8.53. The summed E-state index contributed by atoms with van der Waals surface area (Å²) in [6.45, 7) is 4.46. The molecule has 0 aliphatic rings. The van der Waals surface area contributed by atoms with Gasteiger partial charge in [0, 0.05) is 19.1 Å². The summed E-state index contributed by atoms with van der Waals surface area (Å²) in [4.78, 5) is 1.97. The van der Waals surface area contributed by atoms with Gasteiger partial charge in [0.05, 0.1) is 26.4 Å². The van der Waals surface area contributed by atoms with Gasteiger partial charge in [0.2, 0.25) is 0 Å². The predicted molar refractivity (Wildman–Crippen MR) is 61.5 cm³/mol. The number of halogens is 3. The van der Waals surface area contributed by atoms with Gasteiger partial charge in [-0.05, 0) is 13.8 Å². The van der Waals surface area contributed by atoms with Gasteiger partial charge in [0.15, 0.2) is 0 Å². The lowest BCUT2D eigenvalue weighted by atomic mass is 10.3. The molecule has 0 heterocycles. The van der Waals surface area contributed by atoms with Gasteiger partial charge in [-0.25, -0.2) is 0 Å². The number of aliphatic hydroxyl groups is 1. The Bertz CT molecular complexity index is 200. The maximum atomic E-state index is 11.8. The Morgan fingerprint density at radius 1 is 1.06 bits per heavy atom. The molecule has 0 atom stereocenters. The Morgan fingerprint density at radius 3 is 2.06 bits per heavy atom. The van der Waals surface area contributed by atoms with Crippen LogP contribution in [0.5, 0.6) is 0 Å². The molecule has 0 unspecified atom stereocenters. The van der Waals surface area contributed by atoms with Crippen molar-refractivity contribution >= 4 is 0 Å². The second-order valence-corrected chi connectivity index (χ2v) is 4.13. The van der Waals surface area contributed by atoms with Crippen LogP contribution in [0.4, 0.5) is 13.2 Å². The standard InChI is InChI=1S/C11H22F3NO3/c1-10(2)15(3-6-17-8-5-16)4-7-18-9-11(12,13)14/h10,16H,3-9H2,1-2H3. The molecule has 0 rings (SSSR count). The Balaban J connectivity index is 3.70. The van der Waals surface area contributed by atoms with E-state index >= 15 is 0 Å². The molecule has 0 aromatic carbocycles. The van der Waals surface area contributed by atoms with E-state index in [2.05, 4.69) is 4.74 Å². The molecule has 0 spiro atoms. The highest BCUT2D eigenvalue weighted by Crippen LogP contribution is 2.14. The predicted octanol–water partition coefficient (Wildman–Crippen LogP) is 1.28. The Labute approximate surface area is 106 Å². The van der Waals surface area contributed by atoms with E-state index in [0.717, 1.165) is 0 Å². The first-order valence-corrected chi connectivity index (χ1v) is 5.94. The van der Waals surface area contributed by atoms with E-state index in [1.54, 1.807) is 0 Å². The fraction of sp³-hybridized carbons (Fsp3) is 1.00. The molecule has 0 radical (unpaired) electrons. The number of hydrogen-bond acceptors (Lipinski definition) is 4. The minimum atomic E-state index is -4.27. The zero-order valence-corrected chi connectivity index (χ0v) is 10.9. The van der Waals surface area contributed by atoms with Crippen LogP contribution in [0.25, 0.3) is 0 Å². The molecule has 0 amide bonds. The average Bonchev–Trinajstić information content (AvgIpc) is 2.25. The number of ether oxygens (including phenoxy) is 2. The van der Waals surface area contributed by atoms with E-state index in [9.17, 15) is 13.2 Å². The van der Waals surface area contributed by atoms with Crippen molar-refractivity contribution in [3.8, 4) is 0 Å². The highest BCUT2D eigenvalue weighted by Gasteiger charge is 2.27. The zero-order chi connectivity index (χ0) is 14.0. The number of nitrogens with zero attached hydrogens (tertiary/aromatic N) is 1. The van der Waals surface area contributed by atoms with Crippen LogP contribution in [-0.2, 0) is 9.47 Å². The third-order valence-electron chi connectivity index (χ3n) is 2.28. The van der Waals surface area contributed by atoms with E-state index in [1.807, 2.05) is 18.7 Å². The van der Waals surface area contributed by atoms with Crippen LogP contribution in [0.3, 0.4) is 0 Å². The first kappa shape index (κ1) is 17.6. The topological polar surface area (TPSA) is 41.9 Å². The molecular weight excluding hydrogens is 251 g/mol. The van der Waals surface area contributed by atoms with Crippen LogP contribution < -0.4 is 0 Å². The van der Waals surface area contributed by atoms with Gasteiger partial charge in [0.1, 0.15) is 6.61 Å². The lowest BCUT2D eigenvalue weighted by Crippen LogP contribution is -2.37. The summed E-state index contributed by atoms with van der Waals surface area (Å²) >= 11 is 0. The van der Waals surface area contributed by atoms with Crippen LogP contribution in [-0.4, -0.2) is 68.3 Å². The van der Waals surface area contributed by atoms with Gasteiger partial charge < -0.3 is 14.6 Å². The number of alkyl halides is 3. The summed E-state index contributed by atoms with van der Waals surface area (Å²) in [5.41, 5.74) is 0. The molecule has 0 aromatic heterocycles. The van der Waals surface area contributed by atoms with Crippen molar-refractivity contribution in [3.63, 3.8) is 0 Å². The third kappa shape index (κ3) is 10.8. The molecule has 0 fully saturated rings. The maximum absolute atomic E-state index is 11.8. The van der Waals surface area contributed by atoms with Gasteiger partial charge in [-0.2, -0.15) is 13.2 Å². The van der Waals surface area contributed by atoms with E-state index in [-0.39, 0.29) is 25.9 Å². The van der Waals surface area contributed by atoms with Crippen molar-refractivity contribution in [1.29, 1.82) is 0 Å². The first-order valence-electron chi connectivity index (χ1n) is 5.94. The second kappa shape index (κ2) is 9.55. The van der Waals surface area contributed by atoms with Crippen molar-refractivity contribution in [2.24, 2.45) is 0 Å². The first-order chi connectivity index (χ1) is 8.37. The van der Waals surface area contributed by atoms with E-state index in [1.165, 1.54) is 0 Å². The quantitative estimate of drug-likeness (QED) is 0.609. The normalized spacial score (nSPS) is 12.7. The van der Waals surface area contributed by atoms with Gasteiger partial charge in [0.25, 0.3) is 0 Å². The van der Waals surface area contributed by atoms with Crippen LogP contribution in [0.2, 0.25) is 0 Å². The monoisotopic (exact) mass is 273 g/mol. The van der Waals surface area contributed by atoms with Crippen LogP contribution in [0, 0.1) is 0 Å². The number of aliphatic hydroxyl groups excluding tert-OH is 1. The zero-order valence-electron chi connectivity index (χ0n) is 10.9. The molecule has 0 aliphatic carbocycles. The minimum Gasteiger partial charge on any atom is -0.394 e. The van der Waals surface area contributed by atoms with Crippen molar-refractivity contribution in [1.82, 2.24) is 4.90 Å². The summed E-state index contributed by atoms with van der Waals surface area (Å²) in [6.07, 6.45) is -4.27. The fourth-order valence-corrected chi connectivity index (χ4v) is 1.35. The largest absolute Gasteiger partial charge is 0.411 e. The molecule has 0 bridgehead atoms. The highest BCUT2D eigenvalue weighted by molar-refractivity contribution is 4.62. The molecule has 1 N–H and O–H groups in total. The molecule has 7 heteroatoms. The molecule has 18 heavy (non-hydrogen) atoms. The van der Waals surface area contributed by atoms with Crippen molar-refractivity contribution in [2.45, 2.75) is 26.1 Å².